The monoisotopic (exact) mass is 208 g/mol. The average molecular weight is 208 g/mol. The van der Waals surface area contributed by atoms with Gasteiger partial charge in [-0.05, 0) is 11.6 Å². The Hall–Kier alpha value is -0.970. The van der Waals surface area contributed by atoms with Crippen molar-refractivity contribution in [2.24, 2.45) is 0 Å². The van der Waals surface area contributed by atoms with Gasteiger partial charge in [-0.2, -0.15) is 0 Å². The minimum atomic E-state index is -0.371. The summed E-state index contributed by atoms with van der Waals surface area (Å²) in [5.74, 6) is 0. The maximum atomic E-state index is 9.56. The van der Waals surface area contributed by atoms with Gasteiger partial charge in [0.2, 0.25) is 0 Å². The van der Waals surface area contributed by atoms with Gasteiger partial charge in [-0.15, -0.1) is 0 Å². The lowest BCUT2D eigenvalue weighted by Gasteiger charge is -2.20. The van der Waals surface area contributed by atoms with E-state index in [1.165, 1.54) is 5.56 Å². The zero-order valence-corrected chi connectivity index (χ0v) is 8.67. The first-order valence-corrected chi connectivity index (χ1v) is 5.21. The van der Waals surface area contributed by atoms with Gasteiger partial charge < -0.3 is 9.84 Å². The molecule has 0 amide bonds. The number of nitrogens with zero attached hydrogens (tertiary/aromatic N) is 2. The average Bonchev–Trinajstić information content (AvgIpc) is 2.44. The number of aliphatic hydroxyl groups is 1. The number of β-amino-alcohol motifs (C(OH)–C–C–N with tert-alkyl or cyclic N) is 1. The molecule has 82 valence electrons. The van der Waals surface area contributed by atoms with Crippen LogP contribution >= 0.6 is 0 Å². The van der Waals surface area contributed by atoms with Crippen LogP contribution < -0.4 is 0 Å². The molecule has 0 saturated carbocycles. The van der Waals surface area contributed by atoms with Crippen LogP contribution in [0.25, 0.3) is 0 Å². The molecule has 0 radical (unpaired) electrons. The minimum absolute atomic E-state index is 0.371. The van der Waals surface area contributed by atoms with E-state index in [1.54, 1.807) is 6.20 Å². The van der Waals surface area contributed by atoms with Crippen LogP contribution in [-0.2, 0) is 11.3 Å². The molecule has 1 atom stereocenters. The molecule has 1 aliphatic rings. The Morgan fingerprint density at radius 3 is 3.33 bits per heavy atom. The largest absolute Gasteiger partial charge is 0.389 e. The molecule has 0 aromatic carbocycles. The Bertz CT molecular complexity index is 292. The molecular weight excluding hydrogens is 192 g/mol. The van der Waals surface area contributed by atoms with Gasteiger partial charge >= 0.3 is 0 Å². The van der Waals surface area contributed by atoms with Crippen LogP contribution in [0.1, 0.15) is 5.56 Å². The Balaban J connectivity index is 1.93. The summed E-state index contributed by atoms with van der Waals surface area (Å²) in [6.45, 7) is 3.51. The molecule has 2 rings (SSSR count). The first-order valence-electron chi connectivity index (χ1n) is 5.21. The van der Waals surface area contributed by atoms with Gasteiger partial charge in [0.1, 0.15) is 0 Å². The third-order valence-electron chi connectivity index (χ3n) is 2.46. The van der Waals surface area contributed by atoms with Crippen molar-refractivity contribution >= 4 is 0 Å². The van der Waals surface area contributed by atoms with Gasteiger partial charge in [0.15, 0.2) is 0 Å². The third-order valence-corrected chi connectivity index (χ3v) is 2.46. The fraction of sp³-hybridized carbons (Fsp3) is 0.545. The minimum Gasteiger partial charge on any atom is -0.389 e. The van der Waals surface area contributed by atoms with Gasteiger partial charge in [-0.3, -0.25) is 9.88 Å². The smallest absolute Gasteiger partial charge is 0.0900 e. The molecule has 2 heterocycles. The summed E-state index contributed by atoms with van der Waals surface area (Å²) < 4.78 is 5.27. The van der Waals surface area contributed by atoms with Crippen LogP contribution in [0.15, 0.2) is 24.5 Å². The highest BCUT2D eigenvalue weighted by molar-refractivity contribution is 5.08. The van der Waals surface area contributed by atoms with E-state index in [0.717, 1.165) is 13.1 Å². The van der Waals surface area contributed by atoms with E-state index in [1.807, 2.05) is 18.3 Å². The first kappa shape index (κ1) is 10.5. The molecule has 0 unspecified atom stereocenters. The maximum absolute atomic E-state index is 9.56. The third kappa shape index (κ3) is 3.27. The summed E-state index contributed by atoms with van der Waals surface area (Å²) in [4.78, 5) is 6.26. The quantitative estimate of drug-likeness (QED) is 0.758. The number of hydrogen-bond donors (Lipinski definition) is 1. The molecule has 1 N–H and O–H groups in total. The maximum Gasteiger partial charge on any atom is 0.0900 e. The van der Waals surface area contributed by atoms with Crippen molar-refractivity contribution in [3.63, 3.8) is 0 Å². The van der Waals surface area contributed by atoms with Crippen molar-refractivity contribution < 1.29 is 9.84 Å². The highest BCUT2D eigenvalue weighted by Crippen LogP contribution is 2.06. The van der Waals surface area contributed by atoms with Crippen molar-refractivity contribution in [1.82, 2.24) is 9.88 Å². The number of aliphatic hydroxyl groups excluding tert-OH is 1. The second-order valence-corrected chi connectivity index (χ2v) is 3.83. The Morgan fingerprint density at radius 1 is 1.60 bits per heavy atom. The van der Waals surface area contributed by atoms with E-state index < -0.39 is 0 Å². The van der Waals surface area contributed by atoms with E-state index in [-0.39, 0.29) is 6.10 Å². The summed E-state index contributed by atoms with van der Waals surface area (Å²) in [6.07, 6.45) is 3.26. The summed E-state index contributed by atoms with van der Waals surface area (Å²) in [5.41, 5.74) is 1.17. The number of pyridine rings is 1. The molecule has 4 nitrogen and oxygen atoms in total. The number of ether oxygens (including phenoxy) is 1. The van der Waals surface area contributed by atoms with Gasteiger partial charge in [-0.1, -0.05) is 6.07 Å². The Morgan fingerprint density at radius 2 is 2.53 bits per heavy atom. The zero-order valence-electron chi connectivity index (χ0n) is 8.67. The fourth-order valence-electron chi connectivity index (χ4n) is 1.75. The molecule has 1 saturated heterocycles. The molecular formula is C11H16N2O2. The molecule has 0 bridgehead atoms. The molecule has 1 aromatic heterocycles. The number of aromatic nitrogens is 1. The lowest BCUT2D eigenvalue weighted by molar-refractivity contribution is 0.0562. The predicted octanol–water partition coefficient (Wildman–Crippen LogP) is 0.275. The van der Waals surface area contributed by atoms with Crippen molar-refractivity contribution in [3.8, 4) is 0 Å². The van der Waals surface area contributed by atoms with Crippen LogP contribution in [0, 0.1) is 0 Å². The van der Waals surface area contributed by atoms with Crippen molar-refractivity contribution in [1.29, 1.82) is 0 Å². The standard InChI is InChI=1S/C11H16N2O2/c14-11-8-13(4-5-15-9-11)7-10-2-1-3-12-6-10/h1-3,6,11,14H,4-5,7-9H2/t11-/m1/s1. The van der Waals surface area contributed by atoms with Crippen molar-refractivity contribution in [3.05, 3.63) is 30.1 Å². The number of hydrogen-bond acceptors (Lipinski definition) is 4. The predicted molar refractivity (Wildman–Crippen MR) is 56.3 cm³/mol. The van der Waals surface area contributed by atoms with E-state index >= 15 is 0 Å². The Kier molecular flexibility index (Phi) is 3.66. The lowest BCUT2D eigenvalue weighted by atomic mass is 10.2. The van der Waals surface area contributed by atoms with Crippen LogP contribution in [0.4, 0.5) is 0 Å². The normalized spacial score (nSPS) is 23.7. The van der Waals surface area contributed by atoms with Crippen molar-refractivity contribution in [2.75, 3.05) is 26.3 Å². The molecule has 1 fully saturated rings. The van der Waals surface area contributed by atoms with Crippen LogP contribution in [0.5, 0.6) is 0 Å². The summed E-state index contributed by atoms with van der Waals surface area (Å²) in [6, 6.07) is 3.98. The van der Waals surface area contributed by atoms with Gasteiger partial charge in [0.05, 0.1) is 19.3 Å². The topological polar surface area (TPSA) is 45.6 Å². The molecule has 4 heteroatoms. The number of rotatable bonds is 2. The van der Waals surface area contributed by atoms with E-state index in [4.69, 9.17) is 4.74 Å². The second-order valence-electron chi connectivity index (χ2n) is 3.83. The fourth-order valence-corrected chi connectivity index (χ4v) is 1.75. The molecule has 0 aliphatic carbocycles. The molecule has 1 aliphatic heterocycles. The second kappa shape index (κ2) is 5.21. The van der Waals surface area contributed by atoms with Gasteiger partial charge in [0, 0.05) is 32.0 Å². The zero-order chi connectivity index (χ0) is 10.5. The molecule has 15 heavy (non-hydrogen) atoms. The van der Waals surface area contributed by atoms with E-state index in [0.29, 0.717) is 19.8 Å². The van der Waals surface area contributed by atoms with Crippen molar-refractivity contribution in [2.45, 2.75) is 12.6 Å². The summed E-state index contributed by atoms with van der Waals surface area (Å²) in [5, 5.41) is 9.56. The molecule has 1 aromatic rings. The first-order chi connectivity index (χ1) is 7.34. The Labute approximate surface area is 89.5 Å². The van der Waals surface area contributed by atoms with Crippen LogP contribution in [0.2, 0.25) is 0 Å². The van der Waals surface area contributed by atoms with Gasteiger partial charge in [-0.25, -0.2) is 0 Å². The SMILES string of the molecule is O[C@H]1COCCN(Cc2cccnc2)C1. The summed E-state index contributed by atoms with van der Waals surface area (Å²) in [7, 11) is 0. The van der Waals surface area contributed by atoms with E-state index in [2.05, 4.69) is 9.88 Å². The van der Waals surface area contributed by atoms with E-state index in [9.17, 15) is 5.11 Å². The van der Waals surface area contributed by atoms with Crippen LogP contribution in [-0.4, -0.2) is 47.4 Å². The van der Waals surface area contributed by atoms with Crippen LogP contribution in [0.3, 0.4) is 0 Å². The lowest BCUT2D eigenvalue weighted by Crippen LogP contribution is -2.32. The highest BCUT2D eigenvalue weighted by Gasteiger charge is 2.16. The molecule has 0 spiro atoms. The summed E-state index contributed by atoms with van der Waals surface area (Å²) >= 11 is 0. The highest BCUT2D eigenvalue weighted by atomic mass is 16.5. The van der Waals surface area contributed by atoms with Gasteiger partial charge in [0.25, 0.3) is 0 Å².